The second-order valence-electron chi connectivity index (χ2n) is 7.31. The molecule has 6 heteroatoms. The Hall–Kier alpha value is -2.60. The zero-order valence-electron chi connectivity index (χ0n) is 15.0. The topological polar surface area (TPSA) is 62.9 Å². The molecule has 2 atom stereocenters. The summed E-state index contributed by atoms with van der Waals surface area (Å²) in [7, 11) is 1.59. The quantitative estimate of drug-likeness (QED) is 0.787. The largest absolute Gasteiger partial charge is 0.504 e. The van der Waals surface area contributed by atoms with E-state index in [0.29, 0.717) is 24.4 Å². The molecule has 1 fully saturated rings. The van der Waals surface area contributed by atoms with Crippen LogP contribution in [-0.2, 0) is 13.0 Å². The number of phenols is 1. The normalized spacial score (nSPS) is 21.9. The average molecular weight is 350 g/mol. The monoisotopic (exact) mass is 350 g/mol. The van der Waals surface area contributed by atoms with Gasteiger partial charge < -0.3 is 9.84 Å². The van der Waals surface area contributed by atoms with E-state index in [1.165, 1.54) is 11.3 Å². The van der Waals surface area contributed by atoms with E-state index in [-0.39, 0.29) is 5.75 Å². The van der Waals surface area contributed by atoms with Crippen molar-refractivity contribution in [2.45, 2.75) is 44.8 Å². The summed E-state index contributed by atoms with van der Waals surface area (Å²) in [6.07, 6.45) is 5.27. The number of aromatic hydroxyl groups is 1. The van der Waals surface area contributed by atoms with Crippen molar-refractivity contribution in [1.29, 1.82) is 0 Å². The van der Waals surface area contributed by atoms with Gasteiger partial charge in [0.15, 0.2) is 17.1 Å². The Morgan fingerprint density at radius 3 is 3.04 bits per heavy atom. The zero-order valence-corrected chi connectivity index (χ0v) is 15.0. The molecule has 1 N–H and O–H groups in total. The maximum Gasteiger partial charge on any atom is 0.162 e. The van der Waals surface area contributed by atoms with Crippen LogP contribution in [-0.4, -0.2) is 37.8 Å². The summed E-state index contributed by atoms with van der Waals surface area (Å²) in [5, 5.41) is 15.1. The van der Waals surface area contributed by atoms with Gasteiger partial charge in [-0.2, -0.15) is 5.10 Å². The van der Waals surface area contributed by atoms with E-state index in [2.05, 4.69) is 15.0 Å². The third-order valence-corrected chi connectivity index (χ3v) is 5.82. The third kappa shape index (κ3) is 2.22. The molecule has 134 valence electrons. The summed E-state index contributed by atoms with van der Waals surface area (Å²) in [6.45, 7) is 2.73. The number of benzene rings is 1. The minimum absolute atomic E-state index is 0.247. The Kier molecular flexibility index (Phi) is 3.43. The summed E-state index contributed by atoms with van der Waals surface area (Å²) in [5.74, 6) is 0.777. The van der Waals surface area contributed by atoms with Crippen molar-refractivity contribution in [1.82, 2.24) is 19.5 Å². The van der Waals surface area contributed by atoms with Crippen LogP contribution in [0.1, 0.15) is 41.4 Å². The Morgan fingerprint density at radius 1 is 1.31 bits per heavy atom. The molecule has 2 aromatic heterocycles. The van der Waals surface area contributed by atoms with Gasteiger partial charge in [0.2, 0.25) is 0 Å². The first-order valence-electron chi connectivity index (χ1n) is 9.10. The molecule has 0 aliphatic carbocycles. The molecule has 0 amide bonds. The van der Waals surface area contributed by atoms with Gasteiger partial charge in [0.1, 0.15) is 0 Å². The summed E-state index contributed by atoms with van der Waals surface area (Å²) in [4.78, 5) is 7.12. The number of para-hydroxylation sites is 1. The lowest BCUT2D eigenvalue weighted by atomic mass is 9.98. The number of hydrogen-bond donors (Lipinski definition) is 1. The number of ether oxygens (including phenoxy) is 1. The second-order valence-corrected chi connectivity index (χ2v) is 7.31. The first kappa shape index (κ1) is 15.6. The highest BCUT2D eigenvalue weighted by atomic mass is 16.5. The number of aryl methyl sites for hydroxylation is 1. The number of hydrogen-bond acceptors (Lipinski definition) is 5. The van der Waals surface area contributed by atoms with E-state index in [4.69, 9.17) is 4.74 Å². The van der Waals surface area contributed by atoms with Gasteiger partial charge >= 0.3 is 0 Å². The fourth-order valence-corrected chi connectivity index (χ4v) is 4.60. The van der Waals surface area contributed by atoms with Crippen molar-refractivity contribution >= 4 is 5.65 Å². The molecular formula is C20H22N4O2. The van der Waals surface area contributed by atoms with E-state index >= 15 is 0 Å². The molecule has 2 bridgehead atoms. The van der Waals surface area contributed by atoms with E-state index < -0.39 is 0 Å². The van der Waals surface area contributed by atoms with Crippen LogP contribution in [0, 0.1) is 6.92 Å². The van der Waals surface area contributed by atoms with E-state index in [9.17, 15) is 5.11 Å². The van der Waals surface area contributed by atoms with Crippen molar-refractivity contribution in [2.75, 3.05) is 7.11 Å². The van der Waals surface area contributed by atoms with Gasteiger partial charge in [-0.3, -0.25) is 4.90 Å². The Morgan fingerprint density at radius 2 is 2.19 bits per heavy atom. The Bertz CT molecular complexity index is 997. The van der Waals surface area contributed by atoms with Crippen molar-refractivity contribution in [3.8, 4) is 11.5 Å². The Labute approximate surface area is 152 Å². The van der Waals surface area contributed by atoms with E-state index in [1.54, 1.807) is 13.2 Å². The van der Waals surface area contributed by atoms with Crippen LogP contribution in [0.15, 0.2) is 30.5 Å². The molecule has 3 aromatic rings. The van der Waals surface area contributed by atoms with Gasteiger partial charge in [0.05, 0.1) is 18.5 Å². The third-order valence-electron chi connectivity index (χ3n) is 5.82. The van der Waals surface area contributed by atoms with Crippen LogP contribution < -0.4 is 4.74 Å². The molecule has 0 radical (unpaired) electrons. The molecule has 2 aliphatic heterocycles. The van der Waals surface area contributed by atoms with Gasteiger partial charge in [0.25, 0.3) is 0 Å². The van der Waals surface area contributed by atoms with Crippen LogP contribution in [0.2, 0.25) is 0 Å². The van der Waals surface area contributed by atoms with Crippen LogP contribution in [0.3, 0.4) is 0 Å². The summed E-state index contributed by atoms with van der Waals surface area (Å²) >= 11 is 0. The molecular weight excluding hydrogens is 328 g/mol. The minimum atomic E-state index is 0.247. The molecule has 26 heavy (non-hydrogen) atoms. The molecule has 1 aromatic carbocycles. The maximum absolute atomic E-state index is 10.5. The van der Waals surface area contributed by atoms with Crippen molar-refractivity contribution in [2.24, 2.45) is 0 Å². The van der Waals surface area contributed by atoms with Gasteiger partial charge in [0, 0.05) is 48.4 Å². The lowest BCUT2D eigenvalue weighted by Gasteiger charge is -2.36. The van der Waals surface area contributed by atoms with E-state index in [1.807, 2.05) is 35.8 Å². The summed E-state index contributed by atoms with van der Waals surface area (Å²) in [6, 6.07) is 8.53. The predicted molar refractivity (Wildman–Crippen MR) is 97.4 cm³/mol. The van der Waals surface area contributed by atoms with E-state index in [0.717, 1.165) is 36.2 Å². The zero-order chi connectivity index (χ0) is 17.8. The lowest BCUT2D eigenvalue weighted by molar-refractivity contribution is 0.163. The highest BCUT2D eigenvalue weighted by Gasteiger charge is 2.41. The van der Waals surface area contributed by atoms with Crippen LogP contribution in [0.25, 0.3) is 5.65 Å². The van der Waals surface area contributed by atoms with Crippen molar-refractivity contribution in [3.63, 3.8) is 0 Å². The van der Waals surface area contributed by atoms with Gasteiger partial charge in [-0.05, 0) is 25.8 Å². The smallest absolute Gasteiger partial charge is 0.162 e. The summed E-state index contributed by atoms with van der Waals surface area (Å²) in [5.41, 5.74) is 5.41. The SMILES string of the molecule is COc1cccc(CN2C3CCC2c2cnc4cc(C)nn4c2C3)c1O. The fourth-order valence-electron chi connectivity index (χ4n) is 4.60. The number of fused-ring (bicyclic) bond motifs is 6. The number of methoxy groups -OCH3 is 1. The number of aromatic nitrogens is 3. The molecule has 2 unspecified atom stereocenters. The first-order chi connectivity index (χ1) is 12.7. The standard InChI is InChI=1S/C20H22N4O2/c1-12-8-19-21-10-15-16-7-6-14(9-17(15)24(19)22-12)23(16)11-13-4-3-5-18(26-2)20(13)25/h3-5,8,10,14,16,25H,6-7,9,11H2,1-2H3. The fraction of sp³-hybridized carbons (Fsp3) is 0.400. The highest BCUT2D eigenvalue weighted by molar-refractivity contribution is 5.46. The van der Waals surface area contributed by atoms with Crippen LogP contribution in [0.5, 0.6) is 11.5 Å². The molecule has 0 saturated carbocycles. The van der Waals surface area contributed by atoms with Gasteiger partial charge in [-0.1, -0.05) is 12.1 Å². The van der Waals surface area contributed by atoms with Crippen LogP contribution in [0.4, 0.5) is 0 Å². The molecule has 5 rings (SSSR count). The van der Waals surface area contributed by atoms with Gasteiger partial charge in [-0.15, -0.1) is 0 Å². The number of nitrogens with zero attached hydrogens (tertiary/aromatic N) is 4. The molecule has 0 spiro atoms. The summed E-state index contributed by atoms with van der Waals surface area (Å²) < 4.78 is 7.28. The average Bonchev–Trinajstić information content (AvgIpc) is 3.14. The molecule has 1 saturated heterocycles. The second kappa shape index (κ2) is 5.71. The maximum atomic E-state index is 10.5. The number of rotatable bonds is 3. The molecule has 4 heterocycles. The van der Waals surface area contributed by atoms with Crippen molar-refractivity contribution < 1.29 is 9.84 Å². The minimum Gasteiger partial charge on any atom is -0.504 e. The van der Waals surface area contributed by atoms with Crippen molar-refractivity contribution in [3.05, 3.63) is 53.0 Å². The van der Waals surface area contributed by atoms with Crippen LogP contribution >= 0.6 is 0 Å². The number of phenolic OH excluding ortho intramolecular Hbond substituents is 1. The molecule has 6 nitrogen and oxygen atoms in total. The Balaban J connectivity index is 1.53. The lowest BCUT2D eigenvalue weighted by Crippen LogP contribution is -2.38. The molecule has 2 aliphatic rings. The predicted octanol–water partition coefficient (Wildman–Crippen LogP) is 3.01. The first-order valence-corrected chi connectivity index (χ1v) is 9.10. The highest BCUT2D eigenvalue weighted by Crippen LogP contribution is 2.45. The van der Waals surface area contributed by atoms with Gasteiger partial charge in [-0.25, -0.2) is 9.50 Å².